The molecule has 0 saturated heterocycles. The summed E-state index contributed by atoms with van der Waals surface area (Å²) in [6.45, 7) is 4.17. The monoisotopic (exact) mass is 266 g/mol. The molecule has 0 bridgehead atoms. The average molecular weight is 266 g/mol. The van der Waals surface area contributed by atoms with E-state index in [4.69, 9.17) is 14.2 Å². The van der Waals surface area contributed by atoms with Gasteiger partial charge in [0.25, 0.3) is 0 Å². The molecule has 0 aliphatic carbocycles. The third-order valence-electron chi connectivity index (χ3n) is 3.37. The second-order valence-electron chi connectivity index (χ2n) is 4.98. The Morgan fingerprint density at radius 3 is 2.84 bits per heavy atom. The minimum Gasteiger partial charge on any atom is -0.493 e. The Labute approximate surface area is 114 Å². The molecule has 0 radical (unpaired) electrons. The largest absolute Gasteiger partial charge is 0.493 e. The quantitative estimate of drug-likeness (QED) is 0.844. The SMILES string of the molecule is COc1cc(CNCC(C)N(C)C)cc2c1OCO2. The maximum absolute atomic E-state index is 5.41. The van der Waals surface area contributed by atoms with E-state index >= 15 is 0 Å². The molecular formula is C14H22N2O3. The van der Waals surface area contributed by atoms with E-state index < -0.39 is 0 Å². The van der Waals surface area contributed by atoms with Gasteiger partial charge in [0.15, 0.2) is 11.5 Å². The van der Waals surface area contributed by atoms with Gasteiger partial charge in [0.05, 0.1) is 7.11 Å². The molecule has 1 aromatic carbocycles. The molecule has 1 unspecified atom stereocenters. The van der Waals surface area contributed by atoms with Crippen LogP contribution in [0.25, 0.3) is 0 Å². The Morgan fingerprint density at radius 2 is 2.16 bits per heavy atom. The fourth-order valence-electron chi connectivity index (χ4n) is 1.89. The Hall–Kier alpha value is -1.46. The maximum atomic E-state index is 5.41. The summed E-state index contributed by atoms with van der Waals surface area (Å²) in [5, 5.41) is 3.43. The molecule has 0 fully saturated rings. The number of hydrogen-bond donors (Lipinski definition) is 1. The van der Waals surface area contributed by atoms with Crippen molar-refractivity contribution < 1.29 is 14.2 Å². The molecule has 1 aliphatic heterocycles. The smallest absolute Gasteiger partial charge is 0.231 e. The van der Waals surface area contributed by atoms with Gasteiger partial charge in [-0.3, -0.25) is 0 Å². The number of methoxy groups -OCH3 is 1. The van der Waals surface area contributed by atoms with Crippen LogP contribution in [-0.4, -0.2) is 45.5 Å². The van der Waals surface area contributed by atoms with Crippen molar-refractivity contribution in [1.29, 1.82) is 0 Å². The Bertz CT molecular complexity index is 435. The van der Waals surface area contributed by atoms with Crippen LogP contribution in [0.5, 0.6) is 17.2 Å². The van der Waals surface area contributed by atoms with Crippen LogP contribution in [-0.2, 0) is 6.54 Å². The molecule has 5 nitrogen and oxygen atoms in total. The number of fused-ring (bicyclic) bond motifs is 1. The second kappa shape index (κ2) is 6.12. The molecule has 0 saturated carbocycles. The Balaban J connectivity index is 1.98. The first kappa shape index (κ1) is 14.0. The first-order valence-electron chi connectivity index (χ1n) is 6.45. The highest BCUT2D eigenvalue weighted by atomic mass is 16.7. The van der Waals surface area contributed by atoms with Gasteiger partial charge in [-0.05, 0) is 38.7 Å². The molecule has 2 rings (SSSR count). The van der Waals surface area contributed by atoms with Crippen LogP contribution in [0.1, 0.15) is 12.5 Å². The van der Waals surface area contributed by atoms with Crippen LogP contribution in [0.15, 0.2) is 12.1 Å². The summed E-state index contributed by atoms with van der Waals surface area (Å²) < 4.78 is 16.1. The molecule has 1 aliphatic rings. The van der Waals surface area contributed by atoms with Gasteiger partial charge in [-0.1, -0.05) is 0 Å². The van der Waals surface area contributed by atoms with Crippen LogP contribution < -0.4 is 19.5 Å². The highest BCUT2D eigenvalue weighted by Gasteiger charge is 2.19. The standard InChI is InChI=1S/C14H22N2O3/c1-10(16(2)3)7-15-8-11-5-12(17-4)14-13(6-11)18-9-19-14/h5-6,10,15H,7-9H2,1-4H3. The molecule has 1 N–H and O–H groups in total. The minimum absolute atomic E-state index is 0.264. The molecular weight excluding hydrogens is 244 g/mol. The molecule has 1 aromatic rings. The number of nitrogens with one attached hydrogen (secondary N) is 1. The van der Waals surface area contributed by atoms with Crippen LogP contribution in [0.4, 0.5) is 0 Å². The zero-order valence-corrected chi connectivity index (χ0v) is 12.0. The van der Waals surface area contributed by atoms with Crippen LogP contribution in [0.3, 0.4) is 0 Å². The predicted molar refractivity (Wildman–Crippen MR) is 74.0 cm³/mol. The van der Waals surface area contributed by atoms with Crippen LogP contribution in [0, 0.1) is 0 Å². The highest BCUT2D eigenvalue weighted by Crippen LogP contribution is 2.41. The van der Waals surface area contributed by atoms with Crippen molar-refractivity contribution in [3.63, 3.8) is 0 Å². The number of likely N-dealkylation sites (N-methyl/N-ethyl adjacent to an activating group) is 1. The number of hydrogen-bond acceptors (Lipinski definition) is 5. The summed E-state index contributed by atoms with van der Waals surface area (Å²) in [6, 6.07) is 4.48. The van der Waals surface area contributed by atoms with Crippen molar-refractivity contribution >= 4 is 0 Å². The average Bonchev–Trinajstić information content (AvgIpc) is 2.85. The fourth-order valence-corrected chi connectivity index (χ4v) is 1.89. The van der Waals surface area contributed by atoms with Gasteiger partial charge in [-0.2, -0.15) is 0 Å². The Morgan fingerprint density at radius 1 is 1.37 bits per heavy atom. The highest BCUT2D eigenvalue weighted by molar-refractivity contribution is 5.55. The summed E-state index contributed by atoms with van der Waals surface area (Å²) in [6.07, 6.45) is 0. The van der Waals surface area contributed by atoms with Gasteiger partial charge >= 0.3 is 0 Å². The minimum atomic E-state index is 0.264. The van der Waals surface area contributed by atoms with E-state index in [-0.39, 0.29) is 6.79 Å². The van der Waals surface area contributed by atoms with Crippen molar-refractivity contribution in [2.75, 3.05) is 34.5 Å². The van der Waals surface area contributed by atoms with Crippen molar-refractivity contribution in [3.05, 3.63) is 17.7 Å². The first-order valence-corrected chi connectivity index (χ1v) is 6.45. The molecule has 0 spiro atoms. The fraction of sp³-hybridized carbons (Fsp3) is 0.571. The number of ether oxygens (including phenoxy) is 3. The number of rotatable bonds is 6. The summed E-state index contributed by atoms with van der Waals surface area (Å²) in [4.78, 5) is 2.19. The molecule has 19 heavy (non-hydrogen) atoms. The van der Waals surface area contributed by atoms with Gasteiger partial charge in [-0.25, -0.2) is 0 Å². The topological polar surface area (TPSA) is 43.0 Å². The zero-order chi connectivity index (χ0) is 13.8. The third-order valence-corrected chi connectivity index (χ3v) is 3.37. The van der Waals surface area contributed by atoms with Crippen molar-refractivity contribution in [2.24, 2.45) is 0 Å². The lowest BCUT2D eigenvalue weighted by atomic mass is 10.1. The first-order chi connectivity index (χ1) is 9.11. The molecule has 5 heteroatoms. The van der Waals surface area contributed by atoms with Gasteiger partial charge < -0.3 is 24.4 Å². The lowest BCUT2D eigenvalue weighted by molar-refractivity contribution is 0.171. The third kappa shape index (κ3) is 3.30. The van der Waals surface area contributed by atoms with Crippen molar-refractivity contribution in [1.82, 2.24) is 10.2 Å². The summed E-state index contributed by atoms with van der Waals surface area (Å²) >= 11 is 0. The molecule has 106 valence electrons. The van der Waals surface area contributed by atoms with Gasteiger partial charge in [0.1, 0.15) is 0 Å². The second-order valence-corrected chi connectivity index (χ2v) is 4.98. The van der Waals surface area contributed by atoms with E-state index in [1.807, 2.05) is 12.1 Å². The number of benzene rings is 1. The molecule has 0 amide bonds. The predicted octanol–water partition coefficient (Wildman–Crippen LogP) is 1.46. The van der Waals surface area contributed by atoms with E-state index in [0.717, 1.165) is 30.2 Å². The van der Waals surface area contributed by atoms with E-state index in [1.165, 1.54) is 0 Å². The summed E-state index contributed by atoms with van der Waals surface area (Å²) in [5.74, 6) is 2.19. The Kier molecular flexibility index (Phi) is 4.50. The molecule has 1 atom stereocenters. The summed E-state index contributed by atoms with van der Waals surface area (Å²) in [5.41, 5.74) is 1.13. The van der Waals surface area contributed by atoms with E-state index in [1.54, 1.807) is 7.11 Å². The number of nitrogens with zero attached hydrogens (tertiary/aromatic N) is 1. The zero-order valence-electron chi connectivity index (χ0n) is 12.0. The van der Waals surface area contributed by atoms with E-state index in [0.29, 0.717) is 11.8 Å². The molecule has 1 heterocycles. The lowest BCUT2D eigenvalue weighted by Crippen LogP contribution is -2.35. The van der Waals surface area contributed by atoms with Crippen LogP contribution >= 0.6 is 0 Å². The lowest BCUT2D eigenvalue weighted by Gasteiger charge is -2.20. The summed E-state index contributed by atoms with van der Waals surface area (Å²) in [7, 11) is 5.80. The van der Waals surface area contributed by atoms with Gasteiger partial charge in [0, 0.05) is 19.1 Å². The van der Waals surface area contributed by atoms with E-state index in [2.05, 4.69) is 31.2 Å². The van der Waals surface area contributed by atoms with Gasteiger partial charge in [0.2, 0.25) is 12.5 Å². The van der Waals surface area contributed by atoms with Gasteiger partial charge in [-0.15, -0.1) is 0 Å². The maximum Gasteiger partial charge on any atom is 0.231 e. The normalized spacial score (nSPS) is 14.8. The van der Waals surface area contributed by atoms with Crippen LogP contribution in [0.2, 0.25) is 0 Å². The van der Waals surface area contributed by atoms with Crippen molar-refractivity contribution in [2.45, 2.75) is 19.5 Å². The van der Waals surface area contributed by atoms with Crippen molar-refractivity contribution in [3.8, 4) is 17.2 Å². The van der Waals surface area contributed by atoms with E-state index in [9.17, 15) is 0 Å². The molecule has 0 aromatic heterocycles.